The molecule has 7 aromatic rings. The lowest BCUT2D eigenvalue weighted by Gasteiger charge is -2.38. The second kappa shape index (κ2) is 22.4. The van der Waals surface area contributed by atoms with Crippen LogP contribution in [0.25, 0.3) is 27.8 Å². The van der Waals surface area contributed by atoms with E-state index < -0.39 is 0 Å². The number of phenols is 2. The Morgan fingerprint density at radius 1 is 0.800 bits per heavy atom. The van der Waals surface area contributed by atoms with Gasteiger partial charge in [-0.2, -0.15) is 4.98 Å². The van der Waals surface area contributed by atoms with Crippen LogP contribution in [-0.2, 0) is 42.1 Å². The van der Waals surface area contributed by atoms with Crippen molar-refractivity contribution >= 4 is 40.0 Å². The van der Waals surface area contributed by atoms with Crippen LogP contribution in [0.1, 0.15) is 78.4 Å². The van der Waals surface area contributed by atoms with Gasteiger partial charge < -0.3 is 35.1 Å². The summed E-state index contributed by atoms with van der Waals surface area (Å²) in [6, 6.07) is 34.9. The highest BCUT2D eigenvalue weighted by Crippen LogP contribution is 2.37. The Labute approximate surface area is 440 Å². The largest absolute Gasteiger partial charge is 0.508 e. The number of likely N-dealkylation sites (tertiary alicyclic amines) is 1. The number of benzene rings is 5. The molecule has 2 amide bonds. The average molecular weight is 1010 g/mol. The van der Waals surface area contributed by atoms with E-state index in [1.807, 2.05) is 57.7 Å². The van der Waals surface area contributed by atoms with Crippen LogP contribution in [0.2, 0.25) is 0 Å². The van der Waals surface area contributed by atoms with E-state index in [0.29, 0.717) is 74.9 Å². The van der Waals surface area contributed by atoms with Crippen LogP contribution in [-0.4, -0.2) is 121 Å². The normalized spacial score (nSPS) is 15.2. The standard InChI is InChI=1S/C60H69N11O4/c1-6-56(74)68-29-31-69(32-30-68)58-51-24-28-70(54-36-49(72)34-47-9-7-8-10-50(47)54)39-53(51)62-60(63-58)61-25-21-57(75)67-26-22-43(23-27-67)33-42-11-13-44(14-12-42)37-66(5)38-45-15-18-48(19-16-45)71-41(4)64-65-59(71)52-35-46(40(2)3)17-20-55(52)73/h6-20,34-36,40,43,72-73H,1,21-33,37-39H2,2-5H3,(H,61,62,63). The first-order valence-corrected chi connectivity index (χ1v) is 26.5. The number of nitrogens with one attached hydrogen (secondary N) is 1. The van der Waals surface area contributed by atoms with Crippen LogP contribution in [0.4, 0.5) is 17.5 Å². The van der Waals surface area contributed by atoms with Crippen LogP contribution >= 0.6 is 0 Å². The molecule has 5 aromatic carbocycles. The summed E-state index contributed by atoms with van der Waals surface area (Å²) in [7, 11) is 2.15. The Hall–Kier alpha value is -7.78. The van der Waals surface area contributed by atoms with Gasteiger partial charge in [-0.25, -0.2) is 4.98 Å². The van der Waals surface area contributed by atoms with E-state index in [2.05, 4.69) is 112 Å². The summed E-state index contributed by atoms with van der Waals surface area (Å²) in [5.74, 6) is 4.08. The predicted molar refractivity (Wildman–Crippen MR) is 296 cm³/mol. The summed E-state index contributed by atoms with van der Waals surface area (Å²) in [5, 5.41) is 35.7. The molecular weight excluding hydrogens is 939 g/mol. The minimum Gasteiger partial charge on any atom is -0.508 e. The van der Waals surface area contributed by atoms with Crippen molar-refractivity contribution in [3.63, 3.8) is 0 Å². The summed E-state index contributed by atoms with van der Waals surface area (Å²) in [5.41, 5.74) is 9.53. The molecule has 2 saturated heterocycles. The van der Waals surface area contributed by atoms with Crippen LogP contribution in [0, 0.1) is 12.8 Å². The average Bonchev–Trinajstić information content (AvgIpc) is 3.81. The molecule has 15 heteroatoms. The van der Waals surface area contributed by atoms with Gasteiger partial charge in [-0.05, 0) is 116 Å². The molecule has 2 aromatic heterocycles. The molecule has 5 heterocycles. The van der Waals surface area contributed by atoms with Gasteiger partial charge in [0.2, 0.25) is 17.8 Å². The third kappa shape index (κ3) is 11.5. The fraction of sp³-hybridized carbons (Fsp3) is 0.367. The summed E-state index contributed by atoms with van der Waals surface area (Å²) < 4.78 is 2.00. The lowest BCUT2D eigenvalue weighted by Crippen LogP contribution is -2.49. The summed E-state index contributed by atoms with van der Waals surface area (Å²) >= 11 is 0. The molecule has 0 atom stereocenters. The fourth-order valence-corrected chi connectivity index (χ4v) is 11.1. The zero-order chi connectivity index (χ0) is 52.2. The number of piperazine rings is 1. The molecule has 2 fully saturated rings. The Kier molecular flexibility index (Phi) is 15.1. The monoisotopic (exact) mass is 1010 g/mol. The van der Waals surface area contributed by atoms with E-state index in [1.54, 1.807) is 12.1 Å². The van der Waals surface area contributed by atoms with Gasteiger partial charge in [0.05, 0.1) is 17.8 Å². The SMILES string of the molecule is C=CC(=O)N1CCN(c2nc(NCCC(=O)N3CCC(Cc4ccc(CN(C)Cc5ccc(-n6c(C)nnc6-c6cc(C(C)C)ccc6O)cc5)cc4)CC3)nc3c2CCN(c2cc(O)cc4ccccc24)C3)CC1. The number of phenolic OH excluding ortho intramolecular Hbond substituents is 2. The number of hydrogen-bond donors (Lipinski definition) is 3. The Bertz CT molecular complexity index is 3170. The third-order valence-corrected chi connectivity index (χ3v) is 15.3. The molecule has 0 radical (unpaired) electrons. The number of anilines is 3. The van der Waals surface area contributed by atoms with Crippen LogP contribution in [0.3, 0.4) is 0 Å². The maximum absolute atomic E-state index is 13.6. The second-order valence-corrected chi connectivity index (χ2v) is 20.9. The van der Waals surface area contributed by atoms with Crippen molar-refractivity contribution in [2.24, 2.45) is 5.92 Å². The number of aromatic nitrogens is 5. The number of aryl methyl sites for hydroxylation is 1. The van der Waals surface area contributed by atoms with Crippen LogP contribution in [0.15, 0.2) is 116 Å². The van der Waals surface area contributed by atoms with Gasteiger partial charge in [-0.3, -0.25) is 19.1 Å². The molecule has 0 unspecified atom stereocenters. The molecule has 3 aliphatic rings. The van der Waals surface area contributed by atoms with Gasteiger partial charge in [0.25, 0.3) is 0 Å². The van der Waals surface area contributed by atoms with Gasteiger partial charge >= 0.3 is 0 Å². The molecule has 15 nitrogen and oxygen atoms in total. The van der Waals surface area contributed by atoms with E-state index in [-0.39, 0.29) is 23.3 Å². The smallest absolute Gasteiger partial charge is 0.246 e. The Balaban J connectivity index is 0.704. The minimum absolute atomic E-state index is 0.0606. The Morgan fingerprint density at radius 2 is 1.51 bits per heavy atom. The van der Waals surface area contributed by atoms with E-state index in [4.69, 9.17) is 9.97 Å². The number of nitrogens with zero attached hydrogens (tertiary/aromatic N) is 10. The van der Waals surface area contributed by atoms with E-state index >= 15 is 0 Å². The van der Waals surface area contributed by atoms with Crippen molar-refractivity contribution < 1.29 is 19.8 Å². The quantitative estimate of drug-likeness (QED) is 0.0790. The van der Waals surface area contributed by atoms with Crippen molar-refractivity contribution in [2.75, 3.05) is 74.5 Å². The first-order valence-electron chi connectivity index (χ1n) is 26.5. The maximum Gasteiger partial charge on any atom is 0.246 e. The van der Waals surface area contributed by atoms with Gasteiger partial charge in [0, 0.05) is 100 Å². The Morgan fingerprint density at radius 3 is 2.23 bits per heavy atom. The van der Waals surface area contributed by atoms with E-state index in [0.717, 1.165) is 109 Å². The molecule has 0 aliphatic carbocycles. The van der Waals surface area contributed by atoms with Crippen molar-refractivity contribution in [1.29, 1.82) is 0 Å². The van der Waals surface area contributed by atoms with Gasteiger partial charge in [-0.15, -0.1) is 10.2 Å². The van der Waals surface area contributed by atoms with Crippen molar-refractivity contribution in [1.82, 2.24) is 39.4 Å². The number of fused-ring (bicyclic) bond motifs is 2. The number of carbonyl (C=O) groups is 2. The molecule has 10 rings (SSSR count). The first kappa shape index (κ1) is 50.7. The van der Waals surface area contributed by atoms with E-state index in [1.165, 1.54) is 22.8 Å². The number of piperidine rings is 1. The van der Waals surface area contributed by atoms with Crippen molar-refractivity contribution in [3.8, 4) is 28.6 Å². The number of hydrogen-bond acceptors (Lipinski definition) is 12. The topological polar surface area (TPSA) is 159 Å². The number of aromatic hydroxyl groups is 2. The first-order chi connectivity index (χ1) is 36.4. The number of carbonyl (C=O) groups excluding carboxylic acids is 2. The molecular formula is C60H69N11O4. The predicted octanol–water partition coefficient (Wildman–Crippen LogP) is 9.03. The van der Waals surface area contributed by atoms with Gasteiger partial charge in [0.15, 0.2) is 5.82 Å². The lowest BCUT2D eigenvalue weighted by atomic mass is 9.90. The van der Waals surface area contributed by atoms with Crippen LogP contribution in [0.5, 0.6) is 11.5 Å². The number of rotatable bonds is 16. The zero-order valence-electron chi connectivity index (χ0n) is 43.8. The minimum atomic E-state index is -0.0606. The highest BCUT2D eigenvalue weighted by atomic mass is 16.3. The maximum atomic E-state index is 13.6. The fourth-order valence-electron chi connectivity index (χ4n) is 11.1. The number of amides is 2. The third-order valence-electron chi connectivity index (χ3n) is 15.3. The van der Waals surface area contributed by atoms with Crippen LogP contribution < -0.4 is 15.1 Å². The highest BCUT2D eigenvalue weighted by Gasteiger charge is 2.30. The second-order valence-electron chi connectivity index (χ2n) is 20.9. The highest BCUT2D eigenvalue weighted by molar-refractivity contribution is 5.96. The lowest BCUT2D eigenvalue weighted by molar-refractivity contribution is -0.132. The molecule has 388 valence electrons. The van der Waals surface area contributed by atoms with Crippen molar-refractivity contribution in [3.05, 3.63) is 155 Å². The molecule has 0 bridgehead atoms. The van der Waals surface area contributed by atoms with Gasteiger partial charge in [0.1, 0.15) is 23.1 Å². The molecule has 0 spiro atoms. The molecule has 3 aliphatic heterocycles. The summed E-state index contributed by atoms with van der Waals surface area (Å²) in [6.45, 7) is 17.2. The molecule has 75 heavy (non-hydrogen) atoms. The summed E-state index contributed by atoms with van der Waals surface area (Å²) in [4.78, 5) is 46.8. The zero-order valence-corrected chi connectivity index (χ0v) is 43.8. The van der Waals surface area contributed by atoms with E-state index in [9.17, 15) is 19.8 Å². The molecule has 3 N–H and O–H groups in total. The van der Waals surface area contributed by atoms with Crippen molar-refractivity contribution in [2.45, 2.75) is 78.4 Å². The van der Waals surface area contributed by atoms with Gasteiger partial charge in [-0.1, -0.05) is 87.2 Å². The molecule has 0 saturated carbocycles. The summed E-state index contributed by atoms with van der Waals surface area (Å²) in [6.07, 6.45) is 5.39.